The van der Waals surface area contributed by atoms with Crippen LogP contribution in [0.1, 0.15) is 11.1 Å². The molecule has 160 valence electrons. The summed E-state index contributed by atoms with van der Waals surface area (Å²) in [6, 6.07) is 15.8. The second kappa shape index (κ2) is 8.43. The molecule has 1 aliphatic heterocycles. The molecule has 0 spiro atoms. The standard InChI is InChI=1S/C22H16F4N2O2S/c23-16-5-7-18(8-6-16)28(12-14-4-9-19-20(10-14)30-13-29-19)21(31)27-17-3-1-2-15(11-17)22(24,25)26/h1-11H,12-13H2,(H,27,31). The van der Waals surface area contributed by atoms with Gasteiger partial charge in [-0.25, -0.2) is 4.39 Å². The van der Waals surface area contributed by atoms with E-state index >= 15 is 0 Å². The molecule has 0 aromatic heterocycles. The quantitative estimate of drug-likeness (QED) is 0.393. The minimum Gasteiger partial charge on any atom is -0.454 e. The molecule has 0 fully saturated rings. The lowest BCUT2D eigenvalue weighted by Gasteiger charge is -2.26. The lowest BCUT2D eigenvalue weighted by molar-refractivity contribution is -0.137. The second-order valence-corrected chi connectivity index (χ2v) is 7.15. The fourth-order valence-electron chi connectivity index (χ4n) is 3.09. The van der Waals surface area contributed by atoms with Crippen molar-refractivity contribution in [3.05, 3.63) is 83.7 Å². The molecule has 4 nitrogen and oxygen atoms in total. The molecule has 0 amide bonds. The summed E-state index contributed by atoms with van der Waals surface area (Å²) in [6.07, 6.45) is -4.47. The molecule has 3 aromatic carbocycles. The average molecular weight is 448 g/mol. The van der Waals surface area contributed by atoms with E-state index in [4.69, 9.17) is 21.7 Å². The van der Waals surface area contributed by atoms with Crippen LogP contribution < -0.4 is 19.7 Å². The van der Waals surface area contributed by atoms with Crippen molar-refractivity contribution in [1.29, 1.82) is 0 Å². The van der Waals surface area contributed by atoms with Crippen LogP contribution in [0, 0.1) is 5.82 Å². The molecular formula is C22H16F4N2O2S. The Bertz CT molecular complexity index is 1100. The third-order valence-corrected chi connectivity index (χ3v) is 4.92. The number of hydrogen-bond donors (Lipinski definition) is 1. The van der Waals surface area contributed by atoms with Gasteiger partial charge in [0.25, 0.3) is 0 Å². The van der Waals surface area contributed by atoms with Crippen molar-refractivity contribution in [2.24, 2.45) is 0 Å². The van der Waals surface area contributed by atoms with Crippen LogP contribution in [-0.2, 0) is 12.7 Å². The molecule has 4 rings (SSSR count). The fraction of sp³-hybridized carbons (Fsp3) is 0.136. The molecule has 1 aliphatic rings. The number of nitrogens with zero attached hydrogens (tertiary/aromatic N) is 1. The molecule has 0 radical (unpaired) electrons. The van der Waals surface area contributed by atoms with E-state index < -0.39 is 17.6 Å². The van der Waals surface area contributed by atoms with Gasteiger partial charge in [-0.1, -0.05) is 12.1 Å². The number of benzene rings is 3. The first-order valence-electron chi connectivity index (χ1n) is 9.19. The van der Waals surface area contributed by atoms with Crippen LogP contribution in [0.5, 0.6) is 11.5 Å². The molecule has 9 heteroatoms. The summed E-state index contributed by atoms with van der Waals surface area (Å²) < 4.78 is 63.2. The number of alkyl halides is 3. The highest BCUT2D eigenvalue weighted by molar-refractivity contribution is 7.80. The first kappa shape index (κ1) is 20.9. The molecule has 31 heavy (non-hydrogen) atoms. The minimum absolute atomic E-state index is 0.135. The van der Waals surface area contributed by atoms with Crippen LogP contribution >= 0.6 is 12.2 Å². The van der Waals surface area contributed by atoms with Crippen molar-refractivity contribution >= 4 is 28.7 Å². The normalized spacial score (nSPS) is 12.5. The first-order valence-corrected chi connectivity index (χ1v) is 9.60. The summed E-state index contributed by atoms with van der Waals surface area (Å²) in [5, 5.41) is 3.00. The first-order chi connectivity index (χ1) is 14.8. The van der Waals surface area contributed by atoms with Gasteiger partial charge in [0, 0.05) is 11.4 Å². The Balaban J connectivity index is 1.61. The summed E-state index contributed by atoms with van der Waals surface area (Å²) in [6.45, 7) is 0.406. The Hall–Kier alpha value is -3.33. The van der Waals surface area contributed by atoms with Gasteiger partial charge in [-0.3, -0.25) is 0 Å². The van der Waals surface area contributed by atoms with E-state index in [1.54, 1.807) is 29.2 Å². The smallest absolute Gasteiger partial charge is 0.416 e. The molecule has 0 aliphatic carbocycles. The molecule has 1 N–H and O–H groups in total. The lowest BCUT2D eigenvalue weighted by atomic mass is 10.1. The van der Waals surface area contributed by atoms with E-state index in [0.29, 0.717) is 17.2 Å². The molecule has 0 saturated heterocycles. The van der Waals surface area contributed by atoms with Gasteiger partial charge in [-0.2, -0.15) is 13.2 Å². The number of hydrogen-bond acceptors (Lipinski definition) is 3. The topological polar surface area (TPSA) is 33.7 Å². The maximum absolute atomic E-state index is 13.4. The number of thiocarbonyl (C=S) groups is 1. The highest BCUT2D eigenvalue weighted by Crippen LogP contribution is 2.34. The molecular weight excluding hydrogens is 432 g/mol. The predicted molar refractivity (Wildman–Crippen MR) is 113 cm³/mol. The SMILES string of the molecule is Fc1ccc(N(Cc2ccc3c(c2)OCO3)C(=S)Nc2cccc(C(F)(F)F)c2)cc1. The predicted octanol–water partition coefficient (Wildman–Crippen LogP) is 5.98. The Morgan fingerprint density at radius 2 is 1.71 bits per heavy atom. The van der Waals surface area contributed by atoms with Gasteiger partial charge in [0.1, 0.15) is 5.82 Å². The summed E-state index contributed by atoms with van der Waals surface area (Å²) in [7, 11) is 0. The Morgan fingerprint density at radius 1 is 0.968 bits per heavy atom. The van der Waals surface area contributed by atoms with Crippen LogP contribution in [0.2, 0.25) is 0 Å². The molecule has 0 bridgehead atoms. The van der Waals surface area contributed by atoms with E-state index in [1.807, 2.05) is 6.07 Å². The van der Waals surface area contributed by atoms with Gasteiger partial charge >= 0.3 is 6.18 Å². The zero-order chi connectivity index (χ0) is 22.0. The Labute approximate surface area is 181 Å². The molecule has 0 unspecified atom stereocenters. The van der Waals surface area contributed by atoms with Crippen LogP contribution in [0.4, 0.5) is 28.9 Å². The highest BCUT2D eigenvalue weighted by Gasteiger charge is 2.30. The molecule has 1 heterocycles. The van der Waals surface area contributed by atoms with E-state index in [-0.39, 0.29) is 24.1 Å². The van der Waals surface area contributed by atoms with Gasteiger partial charge < -0.3 is 19.7 Å². The Morgan fingerprint density at radius 3 is 2.45 bits per heavy atom. The third-order valence-electron chi connectivity index (χ3n) is 4.60. The van der Waals surface area contributed by atoms with E-state index in [1.165, 1.54) is 24.3 Å². The monoisotopic (exact) mass is 448 g/mol. The zero-order valence-electron chi connectivity index (χ0n) is 15.9. The van der Waals surface area contributed by atoms with Crippen LogP contribution in [0.15, 0.2) is 66.7 Å². The maximum Gasteiger partial charge on any atom is 0.416 e. The summed E-state index contributed by atoms with van der Waals surface area (Å²) in [5.41, 5.74) is 0.798. The molecule has 3 aromatic rings. The highest BCUT2D eigenvalue weighted by atomic mass is 32.1. The second-order valence-electron chi connectivity index (χ2n) is 6.76. The van der Waals surface area contributed by atoms with Crippen molar-refractivity contribution in [1.82, 2.24) is 0 Å². The van der Waals surface area contributed by atoms with Gasteiger partial charge in [0.15, 0.2) is 16.6 Å². The van der Waals surface area contributed by atoms with Crippen LogP contribution in [0.25, 0.3) is 0 Å². The van der Waals surface area contributed by atoms with Gasteiger partial charge in [0.05, 0.1) is 12.1 Å². The summed E-state index contributed by atoms with van der Waals surface area (Å²) in [4.78, 5) is 1.66. The third kappa shape index (κ3) is 4.88. The van der Waals surface area contributed by atoms with E-state index in [9.17, 15) is 17.6 Å². The molecule has 0 saturated carbocycles. The number of fused-ring (bicyclic) bond motifs is 1. The number of rotatable bonds is 4. The van der Waals surface area contributed by atoms with Gasteiger partial charge in [-0.15, -0.1) is 0 Å². The average Bonchev–Trinajstić information content (AvgIpc) is 3.20. The summed E-state index contributed by atoms with van der Waals surface area (Å²) >= 11 is 5.49. The fourth-order valence-corrected chi connectivity index (χ4v) is 3.38. The van der Waals surface area contributed by atoms with Crippen LogP contribution in [-0.4, -0.2) is 11.9 Å². The van der Waals surface area contributed by atoms with Gasteiger partial charge in [-0.05, 0) is 72.4 Å². The van der Waals surface area contributed by atoms with E-state index in [2.05, 4.69) is 5.32 Å². The van der Waals surface area contributed by atoms with Crippen molar-refractivity contribution in [3.63, 3.8) is 0 Å². The van der Waals surface area contributed by atoms with Crippen molar-refractivity contribution in [3.8, 4) is 11.5 Å². The zero-order valence-corrected chi connectivity index (χ0v) is 16.8. The Kier molecular flexibility index (Phi) is 5.69. The molecule has 0 atom stereocenters. The van der Waals surface area contributed by atoms with Crippen molar-refractivity contribution < 1.29 is 27.0 Å². The van der Waals surface area contributed by atoms with Crippen molar-refractivity contribution in [2.75, 3.05) is 17.0 Å². The minimum atomic E-state index is -4.47. The van der Waals surface area contributed by atoms with Gasteiger partial charge in [0.2, 0.25) is 6.79 Å². The van der Waals surface area contributed by atoms with Crippen LogP contribution in [0.3, 0.4) is 0 Å². The van der Waals surface area contributed by atoms with E-state index in [0.717, 1.165) is 17.7 Å². The lowest BCUT2D eigenvalue weighted by Crippen LogP contribution is -2.34. The summed E-state index contributed by atoms with van der Waals surface area (Å²) in [5.74, 6) is 0.804. The maximum atomic E-state index is 13.4. The van der Waals surface area contributed by atoms with Crippen molar-refractivity contribution in [2.45, 2.75) is 12.7 Å². The largest absolute Gasteiger partial charge is 0.454 e. The number of nitrogens with one attached hydrogen (secondary N) is 1. The number of anilines is 2. The number of ether oxygens (including phenoxy) is 2. The number of halogens is 4.